The number of nitrogens with one attached hydrogen (secondary N) is 3. The average molecular weight is 253 g/mol. The summed E-state index contributed by atoms with van der Waals surface area (Å²) >= 11 is 0. The van der Waals surface area contributed by atoms with Crippen molar-refractivity contribution in [3.63, 3.8) is 0 Å². The number of rotatable bonds is 4. The highest BCUT2D eigenvalue weighted by Crippen LogP contribution is 2.36. The molecule has 4 nitrogen and oxygen atoms in total. The van der Waals surface area contributed by atoms with Gasteiger partial charge in [0.2, 0.25) is 0 Å². The Bertz CT molecular complexity index is 312. The molecule has 104 valence electrons. The molecule has 18 heavy (non-hydrogen) atoms. The lowest BCUT2D eigenvalue weighted by atomic mass is 9.80. The van der Waals surface area contributed by atoms with Crippen LogP contribution in [0.15, 0.2) is 0 Å². The summed E-state index contributed by atoms with van der Waals surface area (Å²) in [6, 6.07) is -0.0351. The quantitative estimate of drug-likeness (QED) is 0.718. The Kier molecular flexibility index (Phi) is 3.85. The molecule has 1 saturated heterocycles. The van der Waals surface area contributed by atoms with Gasteiger partial charge in [-0.25, -0.2) is 4.79 Å². The van der Waals surface area contributed by atoms with Crippen molar-refractivity contribution < 1.29 is 4.79 Å². The van der Waals surface area contributed by atoms with Gasteiger partial charge in [-0.3, -0.25) is 0 Å². The summed E-state index contributed by atoms with van der Waals surface area (Å²) in [7, 11) is 0. The summed E-state index contributed by atoms with van der Waals surface area (Å²) in [5.74, 6) is 0.829. The van der Waals surface area contributed by atoms with Crippen LogP contribution in [0.5, 0.6) is 0 Å². The largest absolute Gasteiger partial charge is 0.336 e. The molecule has 1 heterocycles. The fourth-order valence-electron chi connectivity index (χ4n) is 3.09. The molecule has 2 fully saturated rings. The van der Waals surface area contributed by atoms with Crippen molar-refractivity contribution in [2.24, 2.45) is 5.92 Å². The van der Waals surface area contributed by atoms with Gasteiger partial charge in [0.1, 0.15) is 0 Å². The van der Waals surface area contributed by atoms with Gasteiger partial charge in [-0.2, -0.15) is 0 Å². The van der Waals surface area contributed by atoms with Gasteiger partial charge in [0.05, 0.1) is 0 Å². The molecule has 0 spiro atoms. The van der Waals surface area contributed by atoms with E-state index in [0.29, 0.717) is 0 Å². The van der Waals surface area contributed by atoms with E-state index in [1.54, 1.807) is 0 Å². The van der Waals surface area contributed by atoms with Gasteiger partial charge in [0.15, 0.2) is 0 Å². The second kappa shape index (κ2) is 5.08. The van der Waals surface area contributed by atoms with Crippen molar-refractivity contribution in [2.45, 2.75) is 64.0 Å². The van der Waals surface area contributed by atoms with E-state index in [2.05, 4.69) is 36.7 Å². The van der Waals surface area contributed by atoms with E-state index in [1.165, 1.54) is 25.7 Å². The van der Waals surface area contributed by atoms with Crippen molar-refractivity contribution in [1.82, 2.24) is 16.0 Å². The molecule has 3 N–H and O–H groups in total. The fraction of sp³-hybridized carbons (Fsp3) is 0.929. The Morgan fingerprint density at radius 2 is 2.28 bits per heavy atom. The third-order valence-electron chi connectivity index (χ3n) is 4.64. The molecule has 2 unspecified atom stereocenters. The summed E-state index contributed by atoms with van der Waals surface area (Å²) < 4.78 is 0. The zero-order chi connectivity index (χ0) is 13.2. The summed E-state index contributed by atoms with van der Waals surface area (Å²) in [5.41, 5.74) is 0.0522. The predicted molar refractivity (Wildman–Crippen MR) is 73.6 cm³/mol. The van der Waals surface area contributed by atoms with Crippen LogP contribution in [0.4, 0.5) is 4.79 Å². The van der Waals surface area contributed by atoms with Crippen LogP contribution in [-0.2, 0) is 0 Å². The maximum absolute atomic E-state index is 11.9. The van der Waals surface area contributed by atoms with Crippen LogP contribution in [0.1, 0.15) is 52.9 Å². The van der Waals surface area contributed by atoms with Gasteiger partial charge in [-0.1, -0.05) is 13.3 Å². The monoisotopic (exact) mass is 253 g/mol. The highest BCUT2D eigenvalue weighted by Gasteiger charge is 2.41. The summed E-state index contributed by atoms with van der Waals surface area (Å²) in [6.07, 6.45) is 6.00. The number of urea groups is 1. The van der Waals surface area contributed by atoms with Crippen LogP contribution in [0.25, 0.3) is 0 Å². The minimum Gasteiger partial charge on any atom is -0.336 e. The highest BCUT2D eigenvalue weighted by molar-refractivity contribution is 5.74. The molecule has 1 aliphatic heterocycles. The molecule has 4 heteroatoms. The third-order valence-corrected chi connectivity index (χ3v) is 4.64. The lowest BCUT2D eigenvalue weighted by molar-refractivity contribution is 0.218. The first kappa shape index (κ1) is 13.7. The zero-order valence-corrected chi connectivity index (χ0v) is 11.9. The van der Waals surface area contributed by atoms with Crippen LogP contribution in [0.2, 0.25) is 0 Å². The molecule has 1 saturated carbocycles. The number of hydrogen-bond acceptors (Lipinski definition) is 2. The van der Waals surface area contributed by atoms with Crippen LogP contribution >= 0.6 is 0 Å². The van der Waals surface area contributed by atoms with E-state index < -0.39 is 0 Å². The van der Waals surface area contributed by atoms with E-state index in [-0.39, 0.29) is 17.1 Å². The number of amides is 2. The van der Waals surface area contributed by atoms with Crippen LogP contribution in [0, 0.1) is 5.92 Å². The van der Waals surface area contributed by atoms with Gasteiger partial charge < -0.3 is 16.0 Å². The maximum atomic E-state index is 11.9. The van der Waals surface area contributed by atoms with Gasteiger partial charge in [-0.05, 0) is 52.0 Å². The summed E-state index contributed by atoms with van der Waals surface area (Å²) in [6.45, 7) is 8.08. The van der Waals surface area contributed by atoms with E-state index in [0.717, 1.165) is 25.4 Å². The third kappa shape index (κ3) is 3.16. The minimum atomic E-state index is -0.125. The van der Waals surface area contributed by atoms with Crippen LogP contribution in [0.3, 0.4) is 0 Å². The van der Waals surface area contributed by atoms with Gasteiger partial charge in [0, 0.05) is 17.6 Å². The molecule has 0 aromatic rings. The number of carbonyl (C=O) groups excluding carboxylic acids is 1. The van der Waals surface area contributed by atoms with Crippen molar-refractivity contribution in [1.29, 1.82) is 0 Å². The van der Waals surface area contributed by atoms with Gasteiger partial charge >= 0.3 is 6.03 Å². The Balaban J connectivity index is 1.79. The first-order chi connectivity index (χ1) is 8.45. The molecule has 2 atom stereocenters. The molecular formula is C14H27N3O. The lowest BCUT2D eigenvalue weighted by Crippen LogP contribution is -2.55. The van der Waals surface area contributed by atoms with Crippen LogP contribution in [-0.4, -0.2) is 30.2 Å². The molecule has 0 aromatic carbocycles. The fourth-order valence-corrected chi connectivity index (χ4v) is 3.09. The lowest BCUT2D eigenvalue weighted by Gasteiger charge is -2.34. The Labute approximate surface area is 110 Å². The topological polar surface area (TPSA) is 53.2 Å². The van der Waals surface area contributed by atoms with E-state index >= 15 is 0 Å². The Hall–Kier alpha value is -0.770. The van der Waals surface area contributed by atoms with Gasteiger partial charge in [0.25, 0.3) is 0 Å². The smallest absolute Gasteiger partial charge is 0.315 e. The SMILES string of the molecule is CCC(C)(C)NC(=O)NCC12CCCC(CN1)C2. The van der Waals surface area contributed by atoms with E-state index in [4.69, 9.17) is 0 Å². The molecule has 0 radical (unpaired) electrons. The van der Waals surface area contributed by atoms with E-state index in [1.807, 2.05) is 0 Å². The van der Waals surface area contributed by atoms with Crippen molar-refractivity contribution >= 4 is 6.03 Å². The number of fused-ring (bicyclic) bond motifs is 2. The maximum Gasteiger partial charge on any atom is 0.315 e. The van der Waals surface area contributed by atoms with Gasteiger partial charge in [-0.15, -0.1) is 0 Å². The normalized spacial score (nSPS) is 31.2. The molecule has 2 bridgehead atoms. The molecule has 2 amide bonds. The highest BCUT2D eigenvalue weighted by atomic mass is 16.2. The molecule has 2 aliphatic rings. The second-order valence-electron chi connectivity index (χ2n) is 6.67. The summed E-state index contributed by atoms with van der Waals surface area (Å²) in [4.78, 5) is 11.9. The Morgan fingerprint density at radius 1 is 1.50 bits per heavy atom. The Morgan fingerprint density at radius 3 is 3.00 bits per heavy atom. The molecule has 0 aromatic heterocycles. The van der Waals surface area contributed by atoms with Crippen molar-refractivity contribution in [3.8, 4) is 0 Å². The molecule has 1 aliphatic carbocycles. The molecular weight excluding hydrogens is 226 g/mol. The van der Waals surface area contributed by atoms with E-state index in [9.17, 15) is 4.79 Å². The van der Waals surface area contributed by atoms with Crippen molar-refractivity contribution in [3.05, 3.63) is 0 Å². The zero-order valence-electron chi connectivity index (χ0n) is 11.9. The average Bonchev–Trinajstić information content (AvgIpc) is 2.62. The first-order valence-electron chi connectivity index (χ1n) is 7.26. The number of carbonyl (C=O) groups is 1. The standard InChI is InChI=1S/C14H27N3O/c1-4-13(2,3)17-12(18)15-10-14-7-5-6-11(8-14)9-16-14/h11,16H,4-10H2,1-3H3,(H2,15,17,18). The minimum absolute atomic E-state index is 0.0351. The second-order valence-corrected chi connectivity index (χ2v) is 6.67. The van der Waals surface area contributed by atoms with Crippen molar-refractivity contribution in [2.75, 3.05) is 13.1 Å². The molecule has 2 rings (SSSR count). The first-order valence-corrected chi connectivity index (χ1v) is 7.26. The van der Waals surface area contributed by atoms with Crippen LogP contribution < -0.4 is 16.0 Å². The predicted octanol–water partition coefficient (Wildman–Crippen LogP) is 2.01. The number of hydrogen-bond donors (Lipinski definition) is 3. The summed E-state index contributed by atoms with van der Waals surface area (Å²) in [5, 5.41) is 9.69.